The first-order chi connectivity index (χ1) is 12.3. The van der Waals surface area contributed by atoms with Crippen molar-refractivity contribution in [1.82, 2.24) is 15.1 Å². The molecule has 2 aliphatic rings. The van der Waals surface area contributed by atoms with Gasteiger partial charge in [-0.25, -0.2) is 8.78 Å². The first kappa shape index (κ1) is 18.3. The molecule has 0 spiro atoms. The Balaban J connectivity index is 1.76. The van der Waals surface area contributed by atoms with Crippen LogP contribution in [0.3, 0.4) is 0 Å². The number of hydrogen-bond donors (Lipinski definition) is 1. The molecule has 3 amide bonds. The van der Waals surface area contributed by atoms with Crippen molar-refractivity contribution in [3.63, 3.8) is 0 Å². The van der Waals surface area contributed by atoms with E-state index in [4.69, 9.17) is 0 Å². The van der Waals surface area contributed by atoms with Gasteiger partial charge in [0.25, 0.3) is 5.91 Å². The van der Waals surface area contributed by atoms with Gasteiger partial charge in [0.15, 0.2) is 0 Å². The highest BCUT2D eigenvalue weighted by Crippen LogP contribution is 2.21. The highest BCUT2D eigenvalue weighted by molar-refractivity contribution is 5.99. The van der Waals surface area contributed by atoms with Crippen LogP contribution < -0.4 is 5.32 Å². The predicted octanol–water partition coefficient (Wildman–Crippen LogP) is 1.16. The number of halogens is 2. The minimum absolute atomic E-state index is 0.0409. The summed E-state index contributed by atoms with van der Waals surface area (Å²) in [7, 11) is 0. The van der Waals surface area contributed by atoms with E-state index < -0.39 is 29.6 Å². The van der Waals surface area contributed by atoms with Gasteiger partial charge < -0.3 is 15.1 Å². The lowest BCUT2D eigenvalue weighted by Gasteiger charge is -2.45. The average Bonchev–Trinajstić information content (AvgIpc) is 2.60. The SMILES string of the molecule is CC(C)C[C@H]1NC(=O)[C@H]2CN(C(=O)c3cc(F)ccc3F)CCN2C1=O. The maximum atomic E-state index is 13.9. The molecule has 2 atom stereocenters. The fraction of sp³-hybridized carbons (Fsp3) is 0.500. The third kappa shape index (κ3) is 3.40. The van der Waals surface area contributed by atoms with Crippen LogP contribution in [0.15, 0.2) is 18.2 Å². The molecule has 0 aliphatic carbocycles. The van der Waals surface area contributed by atoms with Gasteiger partial charge in [0, 0.05) is 13.1 Å². The van der Waals surface area contributed by atoms with E-state index in [1.165, 1.54) is 9.80 Å². The first-order valence-corrected chi connectivity index (χ1v) is 8.63. The van der Waals surface area contributed by atoms with Crippen LogP contribution in [-0.4, -0.2) is 59.2 Å². The predicted molar refractivity (Wildman–Crippen MR) is 89.1 cm³/mol. The van der Waals surface area contributed by atoms with Crippen molar-refractivity contribution >= 4 is 17.7 Å². The normalized spacial score (nSPS) is 23.1. The third-order valence-corrected chi connectivity index (χ3v) is 4.73. The van der Waals surface area contributed by atoms with Crippen molar-refractivity contribution in [2.24, 2.45) is 5.92 Å². The number of nitrogens with zero attached hydrogens (tertiary/aromatic N) is 2. The number of piperazine rings is 2. The molecule has 0 radical (unpaired) electrons. The standard InChI is InChI=1S/C18H21F2N3O3/c1-10(2)7-14-18(26)23-6-5-22(9-15(23)16(24)21-14)17(25)12-8-11(19)3-4-13(12)20/h3-4,8,10,14-15H,5-7,9H2,1-2H3,(H,21,24)/t14-,15-/m1/s1. The molecule has 3 rings (SSSR count). The lowest BCUT2D eigenvalue weighted by atomic mass is 9.97. The highest BCUT2D eigenvalue weighted by Gasteiger charge is 2.44. The second-order valence-electron chi connectivity index (χ2n) is 7.11. The molecule has 2 heterocycles. The molecule has 0 bridgehead atoms. The van der Waals surface area contributed by atoms with Crippen molar-refractivity contribution < 1.29 is 23.2 Å². The van der Waals surface area contributed by atoms with E-state index in [1.54, 1.807) is 0 Å². The quantitative estimate of drug-likeness (QED) is 0.874. The first-order valence-electron chi connectivity index (χ1n) is 8.63. The largest absolute Gasteiger partial charge is 0.342 e. The Morgan fingerprint density at radius 3 is 2.69 bits per heavy atom. The summed E-state index contributed by atoms with van der Waals surface area (Å²) >= 11 is 0. The molecule has 26 heavy (non-hydrogen) atoms. The maximum Gasteiger partial charge on any atom is 0.257 e. The fourth-order valence-electron chi connectivity index (χ4n) is 3.45. The van der Waals surface area contributed by atoms with Gasteiger partial charge >= 0.3 is 0 Å². The van der Waals surface area contributed by atoms with Crippen LogP contribution in [0, 0.1) is 17.6 Å². The summed E-state index contributed by atoms with van der Waals surface area (Å²) < 4.78 is 27.2. The molecule has 1 N–H and O–H groups in total. The molecule has 1 aromatic carbocycles. The summed E-state index contributed by atoms with van der Waals surface area (Å²) in [6.07, 6.45) is 0.547. The van der Waals surface area contributed by atoms with Gasteiger partial charge in [0.2, 0.25) is 11.8 Å². The second kappa shape index (κ2) is 7.01. The molecule has 2 aliphatic heterocycles. The van der Waals surface area contributed by atoms with Gasteiger partial charge in [0.05, 0.1) is 12.1 Å². The van der Waals surface area contributed by atoms with E-state index in [9.17, 15) is 23.2 Å². The van der Waals surface area contributed by atoms with Crippen molar-refractivity contribution in [1.29, 1.82) is 0 Å². The molecule has 0 unspecified atom stereocenters. The zero-order valence-electron chi connectivity index (χ0n) is 14.7. The van der Waals surface area contributed by atoms with Crippen LogP contribution in [0.25, 0.3) is 0 Å². The zero-order chi connectivity index (χ0) is 19.0. The molecule has 1 aromatic rings. The molecule has 2 saturated heterocycles. The third-order valence-electron chi connectivity index (χ3n) is 4.73. The number of amides is 3. The number of rotatable bonds is 3. The van der Waals surface area contributed by atoms with Crippen LogP contribution in [0.2, 0.25) is 0 Å². The van der Waals surface area contributed by atoms with Gasteiger partial charge in [-0.15, -0.1) is 0 Å². The summed E-state index contributed by atoms with van der Waals surface area (Å²) in [5, 5.41) is 2.71. The lowest BCUT2D eigenvalue weighted by molar-refractivity contribution is -0.152. The van der Waals surface area contributed by atoms with Crippen molar-refractivity contribution in [2.75, 3.05) is 19.6 Å². The molecule has 2 fully saturated rings. The minimum atomic E-state index is -0.819. The topological polar surface area (TPSA) is 69.7 Å². The second-order valence-corrected chi connectivity index (χ2v) is 7.11. The summed E-state index contributed by atoms with van der Waals surface area (Å²) in [6.45, 7) is 4.25. The Morgan fingerprint density at radius 2 is 2.00 bits per heavy atom. The van der Waals surface area contributed by atoms with Crippen LogP contribution >= 0.6 is 0 Å². The zero-order valence-corrected chi connectivity index (χ0v) is 14.7. The van der Waals surface area contributed by atoms with Crippen LogP contribution in [-0.2, 0) is 9.59 Å². The van der Waals surface area contributed by atoms with Gasteiger partial charge in [-0.05, 0) is 30.5 Å². The number of benzene rings is 1. The van der Waals surface area contributed by atoms with Crippen LogP contribution in [0.1, 0.15) is 30.6 Å². The van der Waals surface area contributed by atoms with Gasteiger partial charge in [0.1, 0.15) is 23.7 Å². The van der Waals surface area contributed by atoms with Crippen LogP contribution in [0.4, 0.5) is 8.78 Å². The van der Waals surface area contributed by atoms with E-state index in [0.29, 0.717) is 6.42 Å². The number of hydrogen-bond acceptors (Lipinski definition) is 3. The van der Waals surface area contributed by atoms with Crippen molar-refractivity contribution in [3.05, 3.63) is 35.4 Å². The number of carbonyl (C=O) groups is 3. The van der Waals surface area contributed by atoms with Crippen molar-refractivity contribution in [3.8, 4) is 0 Å². The molecular weight excluding hydrogens is 344 g/mol. The number of carbonyl (C=O) groups excluding carboxylic acids is 3. The van der Waals surface area contributed by atoms with E-state index in [2.05, 4.69) is 5.32 Å². The summed E-state index contributed by atoms with van der Waals surface area (Å²) in [4.78, 5) is 40.3. The Kier molecular flexibility index (Phi) is 4.93. The Morgan fingerprint density at radius 1 is 1.27 bits per heavy atom. The van der Waals surface area contributed by atoms with Crippen molar-refractivity contribution in [2.45, 2.75) is 32.4 Å². The number of fused-ring (bicyclic) bond motifs is 1. The van der Waals surface area contributed by atoms with Gasteiger partial charge in [-0.1, -0.05) is 13.8 Å². The lowest BCUT2D eigenvalue weighted by Crippen LogP contribution is -2.69. The van der Waals surface area contributed by atoms with E-state index in [1.807, 2.05) is 13.8 Å². The van der Waals surface area contributed by atoms with Gasteiger partial charge in [-0.3, -0.25) is 14.4 Å². The van der Waals surface area contributed by atoms with Gasteiger partial charge in [-0.2, -0.15) is 0 Å². The molecule has 140 valence electrons. The Bertz CT molecular complexity index is 753. The molecular formula is C18H21F2N3O3. The van der Waals surface area contributed by atoms with Crippen LogP contribution in [0.5, 0.6) is 0 Å². The summed E-state index contributed by atoms with van der Waals surface area (Å²) in [5.41, 5.74) is -0.376. The maximum absolute atomic E-state index is 13.9. The molecule has 8 heteroatoms. The molecule has 0 aromatic heterocycles. The number of nitrogens with one attached hydrogen (secondary N) is 1. The fourth-order valence-corrected chi connectivity index (χ4v) is 3.45. The monoisotopic (exact) mass is 365 g/mol. The van der Waals surface area contributed by atoms with E-state index in [0.717, 1.165) is 18.2 Å². The Labute approximate surface area is 150 Å². The summed E-state index contributed by atoms with van der Waals surface area (Å²) in [6, 6.07) is 1.31. The van der Waals surface area contributed by atoms with E-state index in [-0.39, 0.29) is 42.9 Å². The van der Waals surface area contributed by atoms with E-state index >= 15 is 0 Å². The highest BCUT2D eigenvalue weighted by atomic mass is 19.1. The minimum Gasteiger partial charge on any atom is -0.342 e. The smallest absolute Gasteiger partial charge is 0.257 e. The Hall–Kier alpha value is -2.51. The molecule has 6 nitrogen and oxygen atoms in total. The summed E-state index contributed by atoms with van der Waals surface area (Å²) in [5.74, 6) is -2.46. The molecule has 0 saturated carbocycles. The average molecular weight is 365 g/mol.